The third kappa shape index (κ3) is 3.11. The van der Waals surface area contributed by atoms with E-state index in [1.807, 2.05) is 5.01 Å². The number of nitrogens with zero attached hydrogens (tertiary/aromatic N) is 4. The predicted octanol–water partition coefficient (Wildman–Crippen LogP) is -1.05. The van der Waals surface area contributed by atoms with Gasteiger partial charge in [-0.3, -0.25) is 15.2 Å². The zero-order chi connectivity index (χ0) is 12.3. The predicted molar refractivity (Wildman–Crippen MR) is 63.0 cm³/mol. The summed E-state index contributed by atoms with van der Waals surface area (Å²) in [4.78, 5) is 21.8. The summed E-state index contributed by atoms with van der Waals surface area (Å²) in [5.74, 6) is -0.0228. The summed E-state index contributed by atoms with van der Waals surface area (Å²) in [6, 6.07) is 0. The van der Waals surface area contributed by atoms with Gasteiger partial charge in [0.05, 0.1) is 12.4 Å². The molecule has 17 heavy (non-hydrogen) atoms. The second-order valence-corrected chi connectivity index (χ2v) is 4.06. The molecule has 1 aromatic rings. The molecule has 0 atom stereocenters. The van der Waals surface area contributed by atoms with E-state index >= 15 is 0 Å². The van der Waals surface area contributed by atoms with Crippen LogP contribution in [0.25, 0.3) is 0 Å². The minimum atomic E-state index is -0.269. The molecule has 1 fully saturated rings. The van der Waals surface area contributed by atoms with Crippen molar-refractivity contribution in [3.05, 3.63) is 18.1 Å². The first-order valence-electron chi connectivity index (χ1n) is 5.47. The number of hydrogen-bond donors (Lipinski definition) is 2. The molecule has 0 saturated carbocycles. The van der Waals surface area contributed by atoms with Gasteiger partial charge in [0.1, 0.15) is 11.5 Å². The molecule has 0 unspecified atom stereocenters. The van der Waals surface area contributed by atoms with Crippen molar-refractivity contribution in [2.45, 2.75) is 0 Å². The number of anilines is 1. The average Bonchev–Trinajstić information content (AvgIpc) is 2.32. The Kier molecular flexibility index (Phi) is 3.50. The summed E-state index contributed by atoms with van der Waals surface area (Å²) in [5.41, 5.74) is 8.51. The number of carbonyl (C=O) groups excluding carboxylic acids is 1. The molecule has 92 valence electrons. The molecule has 2 heterocycles. The van der Waals surface area contributed by atoms with Crippen molar-refractivity contribution in [2.75, 3.05) is 39.0 Å². The molecule has 0 aromatic carbocycles. The highest BCUT2D eigenvalue weighted by atomic mass is 16.2. The topological polar surface area (TPSA) is 87.4 Å². The SMILES string of the molecule is CN1CCN(NC(=O)c2cncc(N)n2)CC1. The van der Waals surface area contributed by atoms with Crippen LogP contribution in [0.5, 0.6) is 0 Å². The van der Waals surface area contributed by atoms with Crippen LogP contribution in [0.4, 0.5) is 5.82 Å². The Balaban J connectivity index is 1.93. The highest BCUT2D eigenvalue weighted by Gasteiger charge is 2.17. The Labute approximate surface area is 99.6 Å². The summed E-state index contributed by atoms with van der Waals surface area (Å²) in [6.45, 7) is 3.47. The second kappa shape index (κ2) is 5.07. The van der Waals surface area contributed by atoms with E-state index < -0.39 is 0 Å². The minimum absolute atomic E-state index is 0.240. The summed E-state index contributed by atoms with van der Waals surface area (Å²) in [5, 5.41) is 1.88. The molecule has 3 N–H and O–H groups in total. The van der Waals surface area contributed by atoms with Crippen molar-refractivity contribution in [3.8, 4) is 0 Å². The van der Waals surface area contributed by atoms with E-state index in [1.54, 1.807) is 0 Å². The average molecular weight is 236 g/mol. The highest BCUT2D eigenvalue weighted by molar-refractivity contribution is 5.91. The first-order chi connectivity index (χ1) is 8.15. The Morgan fingerprint density at radius 2 is 2.06 bits per heavy atom. The van der Waals surface area contributed by atoms with Crippen LogP contribution in [-0.2, 0) is 0 Å². The van der Waals surface area contributed by atoms with E-state index in [-0.39, 0.29) is 17.4 Å². The van der Waals surface area contributed by atoms with Crippen LogP contribution in [0.3, 0.4) is 0 Å². The molecule has 0 spiro atoms. The monoisotopic (exact) mass is 236 g/mol. The molecule has 1 amide bonds. The van der Waals surface area contributed by atoms with Gasteiger partial charge in [-0.05, 0) is 7.05 Å². The number of likely N-dealkylation sites (N-methyl/N-ethyl adjacent to an activating group) is 1. The Morgan fingerprint density at radius 1 is 1.35 bits per heavy atom. The van der Waals surface area contributed by atoms with Crippen molar-refractivity contribution in [1.82, 2.24) is 25.3 Å². The molecule has 2 rings (SSSR count). The van der Waals surface area contributed by atoms with Crippen molar-refractivity contribution in [2.24, 2.45) is 0 Å². The normalized spacial score (nSPS) is 17.9. The maximum absolute atomic E-state index is 11.8. The van der Waals surface area contributed by atoms with Gasteiger partial charge >= 0.3 is 0 Å². The fourth-order valence-corrected chi connectivity index (χ4v) is 1.61. The second-order valence-electron chi connectivity index (χ2n) is 4.06. The Bertz CT molecular complexity index is 402. The minimum Gasteiger partial charge on any atom is -0.382 e. The summed E-state index contributed by atoms with van der Waals surface area (Å²) in [6.07, 6.45) is 2.81. The van der Waals surface area contributed by atoms with Crippen LogP contribution in [0, 0.1) is 0 Å². The van der Waals surface area contributed by atoms with Crippen LogP contribution < -0.4 is 11.2 Å². The number of hydrogen-bond acceptors (Lipinski definition) is 6. The van der Waals surface area contributed by atoms with Crippen molar-refractivity contribution < 1.29 is 4.79 Å². The van der Waals surface area contributed by atoms with Gasteiger partial charge in [-0.2, -0.15) is 0 Å². The number of nitrogen functional groups attached to an aromatic ring is 1. The van der Waals surface area contributed by atoms with Gasteiger partial charge in [-0.15, -0.1) is 0 Å². The number of aromatic nitrogens is 2. The first-order valence-corrected chi connectivity index (χ1v) is 5.47. The zero-order valence-corrected chi connectivity index (χ0v) is 9.76. The maximum Gasteiger partial charge on any atom is 0.285 e. The van der Waals surface area contributed by atoms with Gasteiger partial charge in [0.25, 0.3) is 5.91 Å². The lowest BCUT2D eigenvalue weighted by atomic mass is 10.4. The fourth-order valence-electron chi connectivity index (χ4n) is 1.61. The van der Waals surface area contributed by atoms with Crippen molar-refractivity contribution in [3.63, 3.8) is 0 Å². The molecule has 1 aliphatic heterocycles. The van der Waals surface area contributed by atoms with Crippen LogP contribution >= 0.6 is 0 Å². The molecule has 0 bridgehead atoms. The maximum atomic E-state index is 11.8. The van der Waals surface area contributed by atoms with Crippen molar-refractivity contribution >= 4 is 11.7 Å². The van der Waals surface area contributed by atoms with Crippen LogP contribution in [0.1, 0.15) is 10.5 Å². The van der Waals surface area contributed by atoms with E-state index in [2.05, 4.69) is 27.3 Å². The molecule has 0 radical (unpaired) electrons. The molecule has 7 heteroatoms. The largest absolute Gasteiger partial charge is 0.382 e. The number of rotatable bonds is 2. The Morgan fingerprint density at radius 3 is 2.71 bits per heavy atom. The molecular formula is C10H16N6O. The zero-order valence-electron chi connectivity index (χ0n) is 9.76. The van der Waals surface area contributed by atoms with Gasteiger partial charge in [-0.1, -0.05) is 0 Å². The smallest absolute Gasteiger partial charge is 0.285 e. The molecular weight excluding hydrogens is 220 g/mol. The quantitative estimate of drug-likeness (QED) is 0.681. The van der Waals surface area contributed by atoms with Gasteiger partial charge in [0.2, 0.25) is 0 Å². The number of nitrogens with two attached hydrogens (primary N) is 1. The van der Waals surface area contributed by atoms with Crippen LogP contribution in [0.2, 0.25) is 0 Å². The third-order valence-electron chi connectivity index (χ3n) is 2.65. The van der Waals surface area contributed by atoms with Gasteiger partial charge in [-0.25, -0.2) is 9.99 Å². The third-order valence-corrected chi connectivity index (χ3v) is 2.65. The number of amides is 1. The van der Waals surface area contributed by atoms with Crippen molar-refractivity contribution in [1.29, 1.82) is 0 Å². The van der Waals surface area contributed by atoms with E-state index in [9.17, 15) is 4.79 Å². The molecule has 1 aliphatic rings. The number of nitrogens with one attached hydrogen (secondary N) is 1. The summed E-state index contributed by atoms with van der Waals surface area (Å²) in [7, 11) is 2.06. The van der Waals surface area contributed by atoms with E-state index in [0.717, 1.165) is 26.2 Å². The molecule has 1 saturated heterocycles. The lowest BCUT2D eigenvalue weighted by Gasteiger charge is -2.32. The lowest BCUT2D eigenvalue weighted by molar-refractivity contribution is 0.0657. The highest BCUT2D eigenvalue weighted by Crippen LogP contribution is 2.00. The molecule has 1 aromatic heterocycles. The van der Waals surface area contributed by atoms with E-state index in [1.165, 1.54) is 12.4 Å². The molecule has 0 aliphatic carbocycles. The van der Waals surface area contributed by atoms with Gasteiger partial charge in [0, 0.05) is 26.2 Å². The van der Waals surface area contributed by atoms with E-state index in [4.69, 9.17) is 5.73 Å². The molecule has 7 nitrogen and oxygen atoms in total. The number of carbonyl (C=O) groups is 1. The van der Waals surface area contributed by atoms with E-state index in [0.29, 0.717) is 0 Å². The summed E-state index contributed by atoms with van der Waals surface area (Å²) < 4.78 is 0. The standard InChI is InChI=1S/C10H16N6O/c1-15-2-4-16(5-3-15)14-10(17)8-6-12-7-9(11)13-8/h6-7H,2-5H2,1H3,(H2,11,13)(H,14,17). The van der Waals surface area contributed by atoms with Crippen LogP contribution in [0.15, 0.2) is 12.4 Å². The van der Waals surface area contributed by atoms with Gasteiger partial charge < -0.3 is 10.6 Å². The fraction of sp³-hybridized carbons (Fsp3) is 0.500. The lowest BCUT2D eigenvalue weighted by Crippen LogP contribution is -2.52. The summed E-state index contributed by atoms with van der Waals surface area (Å²) >= 11 is 0. The van der Waals surface area contributed by atoms with Crippen LogP contribution in [-0.4, -0.2) is 59.0 Å². The number of piperazine rings is 1. The first kappa shape index (κ1) is 11.7. The van der Waals surface area contributed by atoms with Gasteiger partial charge in [0.15, 0.2) is 0 Å². The Hall–Kier alpha value is -1.73. The number of hydrazine groups is 1.